The minimum atomic E-state index is -0.490. The van der Waals surface area contributed by atoms with E-state index in [4.69, 9.17) is 16.3 Å². The number of ketones is 1. The highest BCUT2D eigenvalue weighted by Crippen LogP contribution is 2.39. The van der Waals surface area contributed by atoms with E-state index in [1.807, 2.05) is 42.2 Å². The molecule has 2 aliphatic heterocycles. The first-order chi connectivity index (χ1) is 13.4. The number of nitrogens with zero attached hydrogens (tertiary/aromatic N) is 1. The van der Waals surface area contributed by atoms with Gasteiger partial charge in [0.05, 0.1) is 12.0 Å². The van der Waals surface area contributed by atoms with Gasteiger partial charge < -0.3 is 9.64 Å². The van der Waals surface area contributed by atoms with E-state index in [9.17, 15) is 9.59 Å². The molecule has 0 bridgehead atoms. The molecule has 4 rings (SSSR count). The van der Waals surface area contributed by atoms with E-state index >= 15 is 0 Å². The maximum atomic E-state index is 12.6. The average Bonchev–Trinajstić information content (AvgIpc) is 2.69. The first-order valence-electron chi connectivity index (χ1n) is 9.50. The van der Waals surface area contributed by atoms with Gasteiger partial charge in [-0.25, -0.2) is 0 Å². The van der Waals surface area contributed by atoms with Crippen LogP contribution in [0.3, 0.4) is 0 Å². The summed E-state index contributed by atoms with van der Waals surface area (Å²) in [4.78, 5) is 27.0. The number of Topliss-reactive ketones (excluding diaryl/α,β-unsaturated/α-hetero) is 1. The van der Waals surface area contributed by atoms with E-state index in [0.29, 0.717) is 48.7 Å². The first-order valence-corrected chi connectivity index (χ1v) is 9.87. The standard InChI is InChI=1S/C23H22ClNO3/c1-16-2-8-21-19(14-16)20(26)15-23(28-21)10-12-25(13-11-23)22(27)9-5-17-3-6-18(24)7-4-17/h2-9,14H,10-13,15H2,1H3/b9-5+. The van der Waals surface area contributed by atoms with Gasteiger partial charge in [0, 0.05) is 37.0 Å². The van der Waals surface area contributed by atoms with E-state index in [0.717, 1.165) is 11.1 Å². The molecule has 0 aliphatic carbocycles. The van der Waals surface area contributed by atoms with Gasteiger partial charge >= 0.3 is 0 Å². The molecule has 0 N–H and O–H groups in total. The molecular formula is C23H22ClNO3. The third-order valence-electron chi connectivity index (χ3n) is 5.52. The molecule has 0 atom stereocenters. The zero-order valence-corrected chi connectivity index (χ0v) is 16.5. The highest BCUT2D eigenvalue weighted by Gasteiger charge is 2.43. The molecule has 2 aliphatic rings. The summed E-state index contributed by atoms with van der Waals surface area (Å²) >= 11 is 5.88. The third-order valence-corrected chi connectivity index (χ3v) is 5.77. The zero-order chi connectivity index (χ0) is 19.7. The number of rotatable bonds is 2. The van der Waals surface area contributed by atoms with Gasteiger partial charge in [-0.15, -0.1) is 0 Å². The predicted molar refractivity (Wildman–Crippen MR) is 110 cm³/mol. The minimum absolute atomic E-state index is 0.0250. The topological polar surface area (TPSA) is 46.6 Å². The van der Waals surface area contributed by atoms with Crippen molar-refractivity contribution in [1.82, 2.24) is 4.90 Å². The van der Waals surface area contributed by atoms with Crippen molar-refractivity contribution < 1.29 is 14.3 Å². The van der Waals surface area contributed by atoms with Gasteiger partial charge in [0.1, 0.15) is 11.4 Å². The van der Waals surface area contributed by atoms with E-state index in [-0.39, 0.29) is 11.7 Å². The fourth-order valence-electron chi connectivity index (χ4n) is 3.87. The summed E-state index contributed by atoms with van der Waals surface area (Å²) in [5.41, 5.74) is 2.17. The Kier molecular flexibility index (Phi) is 4.98. The molecule has 4 nitrogen and oxygen atoms in total. The van der Waals surface area contributed by atoms with E-state index in [1.54, 1.807) is 24.3 Å². The maximum absolute atomic E-state index is 12.6. The van der Waals surface area contributed by atoms with E-state index in [2.05, 4.69) is 0 Å². The van der Waals surface area contributed by atoms with Crippen molar-refractivity contribution in [2.45, 2.75) is 31.8 Å². The van der Waals surface area contributed by atoms with Crippen LogP contribution >= 0.6 is 11.6 Å². The van der Waals surface area contributed by atoms with Gasteiger partial charge in [0.15, 0.2) is 5.78 Å². The molecule has 5 heteroatoms. The van der Waals surface area contributed by atoms with Crippen molar-refractivity contribution in [3.8, 4) is 5.75 Å². The molecular weight excluding hydrogens is 374 g/mol. The van der Waals surface area contributed by atoms with Crippen LogP contribution in [0.1, 0.15) is 40.7 Å². The maximum Gasteiger partial charge on any atom is 0.246 e. The molecule has 0 aromatic heterocycles. The second-order valence-corrected chi connectivity index (χ2v) is 8.03. The molecule has 1 fully saturated rings. The second-order valence-electron chi connectivity index (χ2n) is 7.59. The molecule has 2 heterocycles. The van der Waals surface area contributed by atoms with Crippen molar-refractivity contribution in [3.05, 3.63) is 70.3 Å². The number of benzene rings is 2. The summed E-state index contributed by atoms with van der Waals surface area (Å²) in [5, 5.41) is 0.670. The summed E-state index contributed by atoms with van der Waals surface area (Å²) < 4.78 is 6.27. The lowest BCUT2D eigenvalue weighted by Crippen LogP contribution is -2.52. The number of fused-ring (bicyclic) bond motifs is 1. The Hall–Kier alpha value is -2.59. The molecule has 1 spiro atoms. The Balaban J connectivity index is 1.40. The third kappa shape index (κ3) is 3.83. The van der Waals surface area contributed by atoms with Gasteiger partial charge in [-0.1, -0.05) is 35.4 Å². The van der Waals surface area contributed by atoms with Crippen LogP contribution in [-0.2, 0) is 4.79 Å². The average molecular weight is 396 g/mol. The van der Waals surface area contributed by atoms with Gasteiger partial charge in [-0.3, -0.25) is 9.59 Å². The Morgan fingerprint density at radius 2 is 1.86 bits per heavy atom. The van der Waals surface area contributed by atoms with Crippen LogP contribution in [0.2, 0.25) is 5.02 Å². The normalized spacial score (nSPS) is 18.2. The van der Waals surface area contributed by atoms with Crippen molar-refractivity contribution in [2.24, 2.45) is 0 Å². The van der Waals surface area contributed by atoms with Gasteiger partial charge in [-0.2, -0.15) is 0 Å². The van der Waals surface area contributed by atoms with Crippen LogP contribution in [0.15, 0.2) is 48.5 Å². The number of hydrogen-bond acceptors (Lipinski definition) is 3. The number of hydrogen-bond donors (Lipinski definition) is 0. The zero-order valence-electron chi connectivity index (χ0n) is 15.8. The van der Waals surface area contributed by atoms with Crippen LogP contribution in [-0.4, -0.2) is 35.3 Å². The molecule has 1 saturated heterocycles. The molecule has 0 unspecified atom stereocenters. The van der Waals surface area contributed by atoms with Crippen LogP contribution in [0.25, 0.3) is 6.08 Å². The lowest BCUT2D eigenvalue weighted by atomic mass is 9.82. The number of halogens is 1. The van der Waals surface area contributed by atoms with E-state index < -0.39 is 5.60 Å². The monoisotopic (exact) mass is 395 g/mol. The SMILES string of the molecule is Cc1ccc2c(c1)C(=O)CC1(CCN(C(=O)/C=C/c3ccc(Cl)cc3)CC1)O2. The number of ether oxygens (including phenoxy) is 1. The number of piperidine rings is 1. The van der Waals surface area contributed by atoms with Crippen LogP contribution in [0.5, 0.6) is 5.75 Å². The molecule has 0 radical (unpaired) electrons. The molecule has 0 saturated carbocycles. The van der Waals surface area contributed by atoms with Crippen LogP contribution < -0.4 is 4.74 Å². The lowest BCUT2D eigenvalue weighted by Gasteiger charge is -2.43. The summed E-state index contributed by atoms with van der Waals surface area (Å²) in [7, 11) is 0. The summed E-state index contributed by atoms with van der Waals surface area (Å²) in [5.74, 6) is 0.777. The van der Waals surface area contributed by atoms with Crippen molar-refractivity contribution in [2.75, 3.05) is 13.1 Å². The van der Waals surface area contributed by atoms with Crippen LogP contribution in [0.4, 0.5) is 0 Å². The predicted octanol–water partition coefficient (Wildman–Crippen LogP) is 4.69. The Morgan fingerprint density at radius 3 is 2.57 bits per heavy atom. The molecule has 2 aromatic carbocycles. The molecule has 28 heavy (non-hydrogen) atoms. The summed E-state index contributed by atoms with van der Waals surface area (Å²) in [6.45, 7) is 3.14. The molecule has 2 aromatic rings. The summed E-state index contributed by atoms with van der Waals surface area (Å²) in [6.07, 6.45) is 5.08. The highest BCUT2D eigenvalue weighted by molar-refractivity contribution is 6.30. The Morgan fingerprint density at radius 1 is 1.14 bits per heavy atom. The van der Waals surface area contributed by atoms with Gasteiger partial charge in [0.2, 0.25) is 5.91 Å². The van der Waals surface area contributed by atoms with E-state index in [1.165, 1.54) is 0 Å². The fraction of sp³-hybridized carbons (Fsp3) is 0.304. The Bertz CT molecular complexity index is 941. The van der Waals surface area contributed by atoms with Gasteiger partial charge in [-0.05, 0) is 42.8 Å². The van der Waals surface area contributed by atoms with Crippen molar-refractivity contribution in [1.29, 1.82) is 0 Å². The number of amides is 1. The quantitative estimate of drug-likeness (QED) is 0.693. The van der Waals surface area contributed by atoms with Crippen molar-refractivity contribution in [3.63, 3.8) is 0 Å². The lowest BCUT2D eigenvalue weighted by molar-refractivity contribution is -0.129. The van der Waals surface area contributed by atoms with Gasteiger partial charge in [0.25, 0.3) is 0 Å². The second kappa shape index (κ2) is 7.44. The number of aryl methyl sites for hydroxylation is 1. The molecule has 1 amide bonds. The van der Waals surface area contributed by atoms with Crippen LogP contribution in [0, 0.1) is 6.92 Å². The number of likely N-dealkylation sites (tertiary alicyclic amines) is 1. The minimum Gasteiger partial charge on any atom is -0.486 e. The molecule has 144 valence electrons. The smallest absolute Gasteiger partial charge is 0.246 e. The number of carbonyl (C=O) groups is 2. The number of carbonyl (C=O) groups excluding carboxylic acids is 2. The van der Waals surface area contributed by atoms with Crippen molar-refractivity contribution >= 4 is 29.4 Å². The summed E-state index contributed by atoms with van der Waals surface area (Å²) in [6, 6.07) is 13.1. The largest absolute Gasteiger partial charge is 0.486 e. The Labute approximate surface area is 169 Å². The highest BCUT2D eigenvalue weighted by atomic mass is 35.5. The first kappa shape index (κ1) is 18.8. The fourth-order valence-corrected chi connectivity index (χ4v) is 3.99.